The van der Waals surface area contributed by atoms with E-state index in [0.29, 0.717) is 12.3 Å². The molecule has 4 nitrogen and oxygen atoms in total. The van der Waals surface area contributed by atoms with Crippen LogP contribution in [0.1, 0.15) is 37.0 Å². The van der Waals surface area contributed by atoms with Gasteiger partial charge in [-0.05, 0) is 29.0 Å². The Morgan fingerprint density at radius 1 is 1.25 bits per heavy atom. The zero-order chi connectivity index (χ0) is 16.9. The van der Waals surface area contributed by atoms with Crippen molar-refractivity contribution in [2.45, 2.75) is 39.8 Å². The number of anilines is 1. The van der Waals surface area contributed by atoms with Crippen LogP contribution >= 0.6 is 0 Å². The molecule has 1 amide bonds. The quantitative estimate of drug-likeness (QED) is 0.914. The first-order valence-electron chi connectivity index (χ1n) is 8.63. The van der Waals surface area contributed by atoms with E-state index in [1.54, 1.807) is 6.20 Å². The van der Waals surface area contributed by atoms with Gasteiger partial charge in [0, 0.05) is 32.3 Å². The molecule has 0 spiro atoms. The average Bonchev–Trinajstić information content (AvgIpc) is 2.55. The van der Waals surface area contributed by atoms with Gasteiger partial charge in [-0.25, -0.2) is 0 Å². The molecule has 2 aromatic rings. The van der Waals surface area contributed by atoms with Gasteiger partial charge in [-0.1, -0.05) is 44.2 Å². The number of fused-ring (bicyclic) bond motifs is 1. The zero-order valence-corrected chi connectivity index (χ0v) is 14.5. The summed E-state index contributed by atoms with van der Waals surface area (Å²) >= 11 is 0. The maximum atomic E-state index is 12.1. The molecule has 0 saturated carbocycles. The lowest BCUT2D eigenvalue weighted by atomic mass is 9.99. The second-order valence-electron chi connectivity index (χ2n) is 6.92. The fourth-order valence-corrected chi connectivity index (χ4v) is 3.21. The van der Waals surface area contributed by atoms with Gasteiger partial charge in [-0.2, -0.15) is 0 Å². The minimum Gasteiger partial charge on any atom is -0.324 e. The molecule has 0 atom stereocenters. The van der Waals surface area contributed by atoms with Crippen LogP contribution in [0.15, 0.2) is 42.7 Å². The molecule has 1 aliphatic rings. The van der Waals surface area contributed by atoms with Crippen LogP contribution in [0.4, 0.5) is 5.69 Å². The van der Waals surface area contributed by atoms with E-state index in [4.69, 9.17) is 0 Å². The molecular weight excluding hydrogens is 298 g/mol. The highest BCUT2D eigenvalue weighted by atomic mass is 16.1. The summed E-state index contributed by atoms with van der Waals surface area (Å²) in [5.41, 5.74) is 4.68. The van der Waals surface area contributed by atoms with Crippen molar-refractivity contribution in [3.8, 4) is 0 Å². The molecule has 2 heterocycles. The van der Waals surface area contributed by atoms with E-state index in [2.05, 4.69) is 53.3 Å². The van der Waals surface area contributed by atoms with E-state index in [1.165, 1.54) is 16.7 Å². The number of rotatable bonds is 5. The third kappa shape index (κ3) is 4.20. The molecule has 1 aliphatic heterocycles. The van der Waals surface area contributed by atoms with Crippen molar-refractivity contribution in [2.24, 2.45) is 5.92 Å². The summed E-state index contributed by atoms with van der Waals surface area (Å²) < 4.78 is 0. The fourth-order valence-electron chi connectivity index (χ4n) is 3.21. The highest BCUT2D eigenvalue weighted by Crippen LogP contribution is 2.26. The van der Waals surface area contributed by atoms with E-state index < -0.39 is 0 Å². The molecule has 4 heteroatoms. The zero-order valence-electron chi connectivity index (χ0n) is 14.5. The van der Waals surface area contributed by atoms with Crippen LogP contribution in [0.3, 0.4) is 0 Å². The summed E-state index contributed by atoms with van der Waals surface area (Å²) in [5, 5.41) is 3.05. The van der Waals surface area contributed by atoms with Gasteiger partial charge in [-0.3, -0.25) is 14.7 Å². The minimum atomic E-state index is 0.0758. The summed E-state index contributed by atoms with van der Waals surface area (Å²) in [6.07, 6.45) is 5.21. The molecule has 0 aliphatic carbocycles. The van der Waals surface area contributed by atoms with Gasteiger partial charge in [0.05, 0.1) is 11.9 Å². The second-order valence-corrected chi connectivity index (χ2v) is 6.92. The summed E-state index contributed by atoms with van der Waals surface area (Å²) in [4.78, 5) is 18.8. The average molecular weight is 323 g/mol. The van der Waals surface area contributed by atoms with Crippen LogP contribution in [-0.4, -0.2) is 22.3 Å². The van der Waals surface area contributed by atoms with Crippen molar-refractivity contribution in [3.05, 3.63) is 59.4 Å². The first kappa shape index (κ1) is 16.7. The second kappa shape index (κ2) is 7.58. The third-order valence-corrected chi connectivity index (χ3v) is 4.34. The molecule has 0 unspecified atom stereocenters. The molecule has 1 aromatic heterocycles. The number of nitrogens with zero attached hydrogens (tertiary/aromatic N) is 2. The van der Waals surface area contributed by atoms with E-state index in [0.717, 1.165) is 31.7 Å². The SMILES string of the molecule is CC(C)CC(=O)Nc1cncc2c1CCN(Cc1ccccc1)C2. The molecule has 0 radical (unpaired) electrons. The van der Waals surface area contributed by atoms with Gasteiger partial charge in [0.2, 0.25) is 5.91 Å². The van der Waals surface area contributed by atoms with E-state index in [9.17, 15) is 4.79 Å². The lowest BCUT2D eigenvalue weighted by molar-refractivity contribution is -0.116. The van der Waals surface area contributed by atoms with Crippen LogP contribution in [0.5, 0.6) is 0 Å². The maximum absolute atomic E-state index is 12.1. The van der Waals surface area contributed by atoms with Crippen LogP contribution < -0.4 is 5.32 Å². The van der Waals surface area contributed by atoms with Gasteiger partial charge < -0.3 is 5.32 Å². The fraction of sp³-hybridized carbons (Fsp3) is 0.400. The number of carbonyl (C=O) groups excluding carboxylic acids is 1. The normalized spacial score (nSPS) is 14.5. The van der Waals surface area contributed by atoms with Crippen molar-refractivity contribution >= 4 is 11.6 Å². The first-order chi connectivity index (χ1) is 11.6. The maximum Gasteiger partial charge on any atom is 0.224 e. The van der Waals surface area contributed by atoms with Crippen molar-refractivity contribution in [2.75, 3.05) is 11.9 Å². The van der Waals surface area contributed by atoms with E-state index in [-0.39, 0.29) is 5.91 Å². The Balaban J connectivity index is 1.69. The third-order valence-electron chi connectivity index (χ3n) is 4.34. The smallest absolute Gasteiger partial charge is 0.224 e. The number of carbonyl (C=O) groups is 1. The number of amides is 1. The van der Waals surface area contributed by atoms with Crippen LogP contribution in [-0.2, 0) is 24.3 Å². The van der Waals surface area contributed by atoms with Gasteiger partial charge in [0.1, 0.15) is 0 Å². The molecule has 24 heavy (non-hydrogen) atoms. The van der Waals surface area contributed by atoms with E-state index >= 15 is 0 Å². The Labute approximate surface area is 143 Å². The Morgan fingerprint density at radius 2 is 2.04 bits per heavy atom. The minimum absolute atomic E-state index is 0.0758. The standard InChI is InChI=1S/C20H25N3O/c1-15(2)10-20(24)22-19-12-21-11-17-14-23(9-8-18(17)19)13-16-6-4-3-5-7-16/h3-7,11-12,15H,8-10,13-14H2,1-2H3,(H,22,24). The first-order valence-corrected chi connectivity index (χ1v) is 8.63. The Kier molecular flexibility index (Phi) is 5.26. The van der Waals surface area contributed by atoms with Crippen LogP contribution in [0, 0.1) is 5.92 Å². The molecule has 3 rings (SSSR count). The molecule has 0 bridgehead atoms. The van der Waals surface area contributed by atoms with E-state index in [1.807, 2.05) is 12.3 Å². The van der Waals surface area contributed by atoms with Gasteiger partial charge in [-0.15, -0.1) is 0 Å². The Hall–Kier alpha value is -2.20. The lowest BCUT2D eigenvalue weighted by Gasteiger charge is -2.29. The van der Waals surface area contributed by atoms with Crippen molar-refractivity contribution < 1.29 is 4.79 Å². The highest BCUT2D eigenvalue weighted by molar-refractivity contribution is 5.91. The van der Waals surface area contributed by atoms with Gasteiger partial charge >= 0.3 is 0 Å². The number of nitrogens with one attached hydrogen (secondary N) is 1. The number of aromatic nitrogens is 1. The number of hydrogen-bond donors (Lipinski definition) is 1. The monoisotopic (exact) mass is 323 g/mol. The van der Waals surface area contributed by atoms with Crippen LogP contribution in [0.2, 0.25) is 0 Å². The van der Waals surface area contributed by atoms with Gasteiger partial charge in [0.15, 0.2) is 0 Å². The predicted molar refractivity (Wildman–Crippen MR) is 96.6 cm³/mol. The van der Waals surface area contributed by atoms with Crippen LogP contribution in [0.25, 0.3) is 0 Å². The molecule has 0 saturated heterocycles. The predicted octanol–water partition coefficient (Wildman–Crippen LogP) is 3.62. The highest BCUT2D eigenvalue weighted by Gasteiger charge is 2.20. The number of benzene rings is 1. The Bertz CT molecular complexity index is 697. The van der Waals surface area contributed by atoms with Gasteiger partial charge in [0.25, 0.3) is 0 Å². The molecule has 126 valence electrons. The number of hydrogen-bond acceptors (Lipinski definition) is 3. The Morgan fingerprint density at radius 3 is 2.79 bits per heavy atom. The number of pyridine rings is 1. The lowest BCUT2D eigenvalue weighted by Crippen LogP contribution is -2.31. The molecule has 1 N–H and O–H groups in total. The summed E-state index contributed by atoms with van der Waals surface area (Å²) in [5.74, 6) is 0.436. The molecule has 1 aromatic carbocycles. The van der Waals surface area contributed by atoms with Crippen molar-refractivity contribution in [1.82, 2.24) is 9.88 Å². The van der Waals surface area contributed by atoms with Crippen molar-refractivity contribution in [1.29, 1.82) is 0 Å². The molecular formula is C20H25N3O. The summed E-state index contributed by atoms with van der Waals surface area (Å²) in [7, 11) is 0. The summed E-state index contributed by atoms with van der Waals surface area (Å²) in [6, 6.07) is 10.5. The molecule has 0 fully saturated rings. The van der Waals surface area contributed by atoms with Crippen molar-refractivity contribution in [3.63, 3.8) is 0 Å². The summed E-state index contributed by atoms with van der Waals surface area (Å²) in [6.45, 7) is 6.94. The largest absolute Gasteiger partial charge is 0.324 e. The topological polar surface area (TPSA) is 45.2 Å².